The molecular weight excluding hydrogens is 378 g/mol. The highest BCUT2D eigenvalue weighted by Gasteiger charge is 2.19. The molecule has 0 unspecified atom stereocenters. The van der Waals surface area contributed by atoms with Gasteiger partial charge in [-0.2, -0.15) is 0 Å². The van der Waals surface area contributed by atoms with Crippen LogP contribution in [-0.4, -0.2) is 25.1 Å². The number of carbonyl (C=O) groups is 2. The van der Waals surface area contributed by atoms with E-state index in [0.717, 1.165) is 23.4 Å². The Bertz CT molecular complexity index is 918. The van der Waals surface area contributed by atoms with E-state index in [1.54, 1.807) is 4.90 Å². The van der Waals surface area contributed by atoms with E-state index in [-0.39, 0.29) is 12.4 Å². The third-order valence-corrected chi connectivity index (χ3v) is 4.39. The molecule has 0 fully saturated rings. The number of Topliss-reactive ketones (excluding diaryl/α,β-unsaturated/α-hetero) is 1. The number of amides is 1. The molecule has 3 rings (SSSR count). The Labute approximate surface area is 176 Å². The summed E-state index contributed by atoms with van der Waals surface area (Å²) in [6, 6.07) is 26.5. The molecule has 0 aliphatic heterocycles. The van der Waals surface area contributed by atoms with Gasteiger partial charge in [0, 0.05) is 0 Å². The van der Waals surface area contributed by atoms with Crippen LogP contribution in [0.3, 0.4) is 0 Å². The van der Waals surface area contributed by atoms with Crippen molar-refractivity contribution in [2.45, 2.75) is 19.8 Å². The van der Waals surface area contributed by atoms with E-state index in [9.17, 15) is 9.59 Å². The van der Waals surface area contributed by atoms with E-state index in [1.807, 2.05) is 84.9 Å². The second kappa shape index (κ2) is 10.8. The number of aryl methyl sites for hydroxylation is 1. The molecule has 3 aromatic rings. The number of nitrogens with zero attached hydrogens (tertiary/aromatic N) is 1. The fraction of sp³-hybridized carbons (Fsp3) is 0.200. The van der Waals surface area contributed by atoms with E-state index in [2.05, 4.69) is 0 Å². The monoisotopic (exact) mass is 403 g/mol. The van der Waals surface area contributed by atoms with Crippen LogP contribution in [0.1, 0.15) is 18.9 Å². The Hall–Kier alpha value is -3.60. The second-order valence-corrected chi connectivity index (χ2v) is 6.86. The fourth-order valence-corrected chi connectivity index (χ4v) is 2.99. The molecule has 154 valence electrons. The van der Waals surface area contributed by atoms with Gasteiger partial charge in [-0.3, -0.25) is 4.79 Å². The van der Waals surface area contributed by atoms with E-state index in [1.165, 1.54) is 6.92 Å². The van der Waals surface area contributed by atoms with Crippen molar-refractivity contribution in [2.24, 2.45) is 0 Å². The quantitative estimate of drug-likeness (QED) is 0.439. The number of para-hydroxylation sites is 2. The molecule has 0 bridgehead atoms. The van der Waals surface area contributed by atoms with Crippen LogP contribution in [0.5, 0.6) is 5.75 Å². The molecule has 0 N–H and O–H groups in total. The number of ketones is 1. The fourth-order valence-electron chi connectivity index (χ4n) is 2.99. The Morgan fingerprint density at radius 3 is 2.07 bits per heavy atom. The van der Waals surface area contributed by atoms with Gasteiger partial charge in [-0.1, -0.05) is 48.5 Å². The van der Waals surface area contributed by atoms with Gasteiger partial charge < -0.3 is 9.47 Å². The van der Waals surface area contributed by atoms with Gasteiger partial charge >= 0.3 is 6.09 Å². The van der Waals surface area contributed by atoms with E-state index < -0.39 is 6.09 Å². The molecule has 0 radical (unpaired) electrons. The molecular formula is C25H25NO4. The van der Waals surface area contributed by atoms with Crippen LogP contribution in [0, 0.1) is 0 Å². The lowest BCUT2D eigenvalue weighted by Gasteiger charge is -2.22. The summed E-state index contributed by atoms with van der Waals surface area (Å²) < 4.78 is 11.0. The van der Waals surface area contributed by atoms with Gasteiger partial charge in [0.25, 0.3) is 0 Å². The highest BCUT2D eigenvalue weighted by Crippen LogP contribution is 2.26. The van der Waals surface area contributed by atoms with Crippen molar-refractivity contribution in [3.8, 4) is 5.75 Å². The van der Waals surface area contributed by atoms with Gasteiger partial charge in [0.1, 0.15) is 12.4 Å². The number of benzene rings is 3. The van der Waals surface area contributed by atoms with Crippen LogP contribution in [0.15, 0.2) is 84.9 Å². The highest BCUT2D eigenvalue weighted by molar-refractivity contribution is 5.95. The minimum absolute atomic E-state index is 0.0197. The van der Waals surface area contributed by atoms with Crippen molar-refractivity contribution < 1.29 is 19.1 Å². The topological polar surface area (TPSA) is 55.8 Å². The van der Waals surface area contributed by atoms with Crippen LogP contribution in [0.2, 0.25) is 0 Å². The minimum atomic E-state index is -0.411. The van der Waals surface area contributed by atoms with Gasteiger partial charge in [0.2, 0.25) is 0 Å². The van der Waals surface area contributed by atoms with Gasteiger partial charge in [0.15, 0.2) is 5.78 Å². The van der Waals surface area contributed by atoms with Crippen molar-refractivity contribution in [2.75, 3.05) is 18.1 Å². The summed E-state index contributed by atoms with van der Waals surface area (Å²) in [5.74, 6) is 0.646. The molecule has 0 heterocycles. The Morgan fingerprint density at radius 1 is 0.833 bits per heavy atom. The summed E-state index contributed by atoms with van der Waals surface area (Å²) >= 11 is 0. The van der Waals surface area contributed by atoms with Crippen molar-refractivity contribution in [1.29, 1.82) is 0 Å². The zero-order chi connectivity index (χ0) is 21.2. The van der Waals surface area contributed by atoms with E-state index in [0.29, 0.717) is 18.8 Å². The largest absolute Gasteiger partial charge is 0.486 e. The normalized spacial score (nSPS) is 10.3. The summed E-state index contributed by atoms with van der Waals surface area (Å²) in [5.41, 5.74) is 2.57. The number of ether oxygens (including phenoxy) is 2. The Morgan fingerprint density at radius 2 is 1.47 bits per heavy atom. The first kappa shape index (κ1) is 21.1. The lowest BCUT2D eigenvalue weighted by molar-refractivity contribution is -0.118. The zero-order valence-corrected chi connectivity index (χ0v) is 17.0. The maximum atomic E-state index is 12.8. The number of hydrogen-bond acceptors (Lipinski definition) is 4. The standard InChI is InChI=1S/C25H25NO4/c1-20(27)19-30-24-16-8-10-21(18-24)11-9-17-29-25(28)26(22-12-4-2-5-13-22)23-14-6-3-7-15-23/h2-8,10,12-16,18H,9,11,17,19H2,1H3. The number of anilines is 2. The summed E-state index contributed by atoms with van der Waals surface area (Å²) in [4.78, 5) is 25.4. The molecule has 30 heavy (non-hydrogen) atoms. The maximum absolute atomic E-state index is 12.8. The molecule has 5 nitrogen and oxygen atoms in total. The first-order valence-corrected chi connectivity index (χ1v) is 9.91. The predicted octanol–water partition coefficient (Wildman–Crippen LogP) is 5.56. The number of carbonyl (C=O) groups excluding carboxylic acids is 2. The Balaban J connectivity index is 1.56. The molecule has 5 heteroatoms. The third kappa shape index (κ3) is 6.21. The van der Waals surface area contributed by atoms with Crippen molar-refractivity contribution in [1.82, 2.24) is 0 Å². The second-order valence-electron chi connectivity index (χ2n) is 6.86. The first-order valence-electron chi connectivity index (χ1n) is 9.91. The van der Waals surface area contributed by atoms with Crippen LogP contribution in [-0.2, 0) is 16.0 Å². The van der Waals surface area contributed by atoms with Gasteiger partial charge in [-0.25, -0.2) is 9.69 Å². The van der Waals surface area contributed by atoms with Crippen LogP contribution in [0.25, 0.3) is 0 Å². The average Bonchev–Trinajstić information content (AvgIpc) is 2.77. The molecule has 0 spiro atoms. The van der Waals surface area contributed by atoms with Crippen LogP contribution in [0.4, 0.5) is 16.2 Å². The van der Waals surface area contributed by atoms with Crippen molar-refractivity contribution >= 4 is 23.3 Å². The maximum Gasteiger partial charge on any atom is 0.418 e. The lowest BCUT2D eigenvalue weighted by Crippen LogP contribution is -2.27. The molecule has 3 aromatic carbocycles. The third-order valence-electron chi connectivity index (χ3n) is 4.39. The van der Waals surface area contributed by atoms with Crippen LogP contribution < -0.4 is 9.64 Å². The molecule has 0 aliphatic rings. The average molecular weight is 403 g/mol. The summed E-state index contributed by atoms with van der Waals surface area (Å²) in [6.45, 7) is 1.86. The molecule has 0 atom stereocenters. The van der Waals surface area contributed by atoms with E-state index in [4.69, 9.17) is 9.47 Å². The van der Waals surface area contributed by atoms with Crippen molar-refractivity contribution in [3.63, 3.8) is 0 Å². The van der Waals surface area contributed by atoms with Crippen molar-refractivity contribution in [3.05, 3.63) is 90.5 Å². The first-order chi connectivity index (χ1) is 14.6. The Kier molecular flexibility index (Phi) is 7.61. The van der Waals surface area contributed by atoms with Gasteiger partial charge in [0.05, 0.1) is 18.0 Å². The van der Waals surface area contributed by atoms with E-state index >= 15 is 0 Å². The number of hydrogen-bond donors (Lipinski definition) is 0. The molecule has 0 aliphatic carbocycles. The summed E-state index contributed by atoms with van der Waals surface area (Å²) in [7, 11) is 0. The summed E-state index contributed by atoms with van der Waals surface area (Å²) in [6.07, 6.45) is 1.01. The zero-order valence-electron chi connectivity index (χ0n) is 17.0. The highest BCUT2D eigenvalue weighted by atomic mass is 16.6. The summed E-state index contributed by atoms with van der Waals surface area (Å²) in [5, 5.41) is 0. The molecule has 0 saturated carbocycles. The molecule has 0 saturated heterocycles. The van der Waals surface area contributed by atoms with Gasteiger partial charge in [-0.05, 0) is 61.7 Å². The SMILES string of the molecule is CC(=O)COc1cccc(CCCOC(=O)N(c2ccccc2)c2ccccc2)c1. The number of rotatable bonds is 9. The smallest absolute Gasteiger partial charge is 0.418 e. The minimum Gasteiger partial charge on any atom is -0.486 e. The predicted molar refractivity (Wildman–Crippen MR) is 117 cm³/mol. The van der Waals surface area contributed by atoms with Gasteiger partial charge in [-0.15, -0.1) is 0 Å². The molecule has 0 aromatic heterocycles. The molecule has 1 amide bonds. The lowest BCUT2D eigenvalue weighted by atomic mass is 10.1. The van der Waals surface area contributed by atoms with Crippen LogP contribution >= 0.6 is 0 Å².